The van der Waals surface area contributed by atoms with Crippen molar-refractivity contribution in [1.82, 2.24) is 10.2 Å². The van der Waals surface area contributed by atoms with Crippen LogP contribution < -0.4 is 11.1 Å². The van der Waals surface area contributed by atoms with Gasteiger partial charge in [0.2, 0.25) is 5.91 Å². The predicted molar refractivity (Wildman–Crippen MR) is 87.9 cm³/mol. The standard InChI is InChI=1S/C17H22N4O2/c1-16(2)14-12(4-3-7-23-14)17(16,18)15(22)20-11-5-6-13-10(8-11)9-19-21-13/h5-6,8-9,12,14H,3-4,7,18H2,1-2H3,(H,19,21)(H,20,22). The second kappa shape index (κ2) is 4.79. The molecule has 3 unspecified atom stereocenters. The fourth-order valence-corrected chi connectivity index (χ4v) is 4.29. The Balaban J connectivity index is 1.60. The molecule has 2 heterocycles. The fourth-order valence-electron chi connectivity index (χ4n) is 4.29. The molecule has 1 saturated heterocycles. The first-order valence-electron chi connectivity index (χ1n) is 8.09. The Morgan fingerprint density at radius 1 is 1.48 bits per heavy atom. The van der Waals surface area contributed by atoms with Gasteiger partial charge in [0.15, 0.2) is 0 Å². The molecule has 2 fully saturated rings. The van der Waals surface area contributed by atoms with Crippen LogP contribution in [0.5, 0.6) is 0 Å². The lowest BCUT2D eigenvalue weighted by Crippen LogP contribution is -2.81. The molecule has 1 aromatic heterocycles. The first-order valence-corrected chi connectivity index (χ1v) is 8.09. The summed E-state index contributed by atoms with van der Waals surface area (Å²) in [6, 6.07) is 5.67. The molecule has 0 spiro atoms. The van der Waals surface area contributed by atoms with Crippen molar-refractivity contribution in [2.45, 2.75) is 38.3 Å². The molecule has 23 heavy (non-hydrogen) atoms. The maximum atomic E-state index is 12.9. The van der Waals surface area contributed by atoms with Gasteiger partial charge in [0.25, 0.3) is 0 Å². The number of hydrogen-bond donors (Lipinski definition) is 3. The van der Waals surface area contributed by atoms with Gasteiger partial charge in [-0.05, 0) is 31.0 Å². The highest BCUT2D eigenvalue weighted by molar-refractivity contribution is 6.01. The summed E-state index contributed by atoms with van der Waals surface area (Å²) < 4.78 is 5.86. The van der Waals surface area contributed by atoms with Crippen molar-refractivity contribution in [1.29, 1.82) is 0 Å². The van der Waals surface area contributed by atoms with Gasteiger partial charge in [0.1, 0.15) is 5.54 Å². The summed E-state index contributed by atoms with van der Waals surface area (Å²) in [6.07, 6.45) is 3.72. The number of nitrogens with one attached hydrogen (secondary N) is 2. The first kappa shape index (κ1) is 14.7. The molecule has 122 valence electrons. The second-order valence-corrected chi connectivity index (χ2v) is 7.26. The van der Waals surface area contributed by atoms with Crippen LogP contribution in [-0.4, -0.2) is 34.4 Å². The Morgan fingerprint density at radius 3 is 3.13 bits per heavy atom. The van der Waals surface area contributed by atoms with Crippen molar-refractivity contribution in [2.75, 3.05) is 11.9 Å². The summed E-state index contributed by atoms with van der Waals surface area (Å²) >= 11 is 0. The molecule has 3 atom stereocenters. The van der Waals surface area contributed by atoms with Crippen LogP contribution in [0.15, 0.2) is 24.4 Å². The highest BCUT2D eigenvalue weighted by atomic mass is 16.5. The highest BCUT2D eigenvalue weighted by Crippen LogP contribution is 2.57. The SMILES string of the molecule is CC1(C)C2OCCCC2C1(N)C(=O)Nc1ccc2[nH]ncc2c1. The van der Waals surface area contributed by atoms with E-state index in [9.17, 15) is 4.79 Å². The van der Waals surface area contributed by atoms with Crippen molar-refractivity contribution in [3.05, 3.63) is 24.4 Å². The molecule has 0 bridgehead atoms. The lowest BCUT2D eigenvalue weighted by Gasteiger charge is -2.65. The molecule has 1 saturated carbocycles. The van der Waals surface area contributed by atoms with Crippen molar-refractivity contribution in [3.63, 3.8) is 0 Å². The number of carbonyl (C=O) groups excluding carboxylic acids is 1. The van der Waals surface area contributed by atoms with Gasteiger partial charge in [-0.15, -0.1) is 0 Å². The molecule has 4 N–H and O–H groups in total. The molecule has 4 rings (SSSR count). The van der Waals surface area contributed by atoms with Crippen LogP contribution in [0.4, 0.5) is 5.69 Å². The molecule has 1 aliphatic heterocycles. The van der Waals surface area contributed by atoms with E-state index < -0.39 is 5.54 Å². The molecule has 0 radical (unpaired) electrons. The van der Waals surface area contributed by atoms with Gasteiger partial charge in [-0.3, -0.25) is 9.89 Å². The van der Waals surface area contributed by atoms with Crippen molar-refractivity contribution >= 4 is 22.5 Å². The largest absolute Gasteiger partial charge is 0.377 e. The Labute approximate surface area is 134 Å². The van der Waals surface area contributed by atoms with Crippen molar-refractivity contribution < 1.29 is 9.53 Å². The van der Waals surface area contributed by atoms with Gasteiger partial charge < -0.3 is 15.8 Å². The molecule has 6 nitrogen and oxygen atoms in total. The van der Waals surface area contributed by atoms with Crippen LogP contribution in [0.1, 0.15) is 26.7 Å². The smallest absolute Gasteiger partial charge is 0.245 e. The molecule has 2 aliphatic rings. The van der Waals surface area contributed by atoms with Crippen LogP contribution >= 0.6 is 0 Å². The van der Waals surface area contributed by atoms with E-state index in [4.69, 9.17) is 10.5 Å². The zero-order chi connectivity index (χ0) is 16.2. The van der Waals surface area contributed by atoms with E-state index in [1.54, 1.807) is 6.20 Å². The van der Waals surface area contributed by atoms with E-state index in [0.717, 1.165) is 36.0 Å². The molecule has 1 amide bonds. The summed E-state index contributed by atoms with van der Waals surface area (Å²) in [4.78, 5) is 12.9. The van der Waals surface area contributed by atoms with Gasteiger partial charge in [-0.1, -0.05) is 13.8 Å². The lowest BCUT2D eigenvalue weighted by molar-refractivity contribution is -0.222. The zero-order valence-electron chi connectivity index (χ0n) is 13.4. The summed E-state index contributed by atoms with van der Waals surface area (Å²) in [5.41, 5.74) is 7.02. The Bertz CT molecular complexity index is 769. The summed E-state index contributed by atoms with van der Waals surface area (Å²) in [5, 5.41) is 10.8. The summed E-state index contributed by atoms with van der Waals surface area (Å²) in [6.45, 7) is 4.82. The van der Waals surface area contributed by atoms with E-state index in [1.165, 1.54) is 0 Å². The monoisotopic (exact) mass is 314 g/mol. The number of rotatable bonds is 2. The van der Waals surface area contributed by atoms with Gasteiger partial charge in [-0.2, -0.15) is 5.10 Å². The predicted octanol–water partition coefficient (Wildman–Crippen LogP) is 2.03. The minimum Gasteiger partial charge on any atom is -0.377 e. The van der Waals surface area contributed by atoms with Crippen LogP contribution in [0.25, 0.3) is 10.9 Å². The number of amides is 1. The first-order chi connectivity index (χ1) is 10.9. The molecule has 2 aromatic rings. The average Bonchev–Trinajstić information content (AvgIpc) is 3.01. The number of aromatic nitrogens is 2. The van der Waals surface area contributed by atoms with Crippen LogP contribution in [0, 0.1) is 11.3 Å². The fraction of sp³-hybridized carbons (Fsp3) is 0.529. The number of H-pyrrole nitrogens is 1. The number of nitrogens with zero attached hydrogens (tertiary/aromatic N) is 1. The minimum absolute atomic E-state index is 0.0725. The number of hydrogen-bond acceptors (Lipinski definition) is 4. The van der Waals surface area contributed by atoms with Crippen molar-refractivity contribution in [2.24, 2.45) is 17.1 Å². The zero-order valence-corrected chi connectivity index (χ0v) is 13.4. The number of ether oxygens (including phenoxy) is 1. The molecular weight excluding hydrogens is 292 g/mol. The third-order valence-corrected chi connectivity index (χ3v) is 5.76. The van der Waals surface area contributed by atoms with E-state index in [2.05, 4.69) is 15.5 Å². The second-order valence-electron chi connectivity index (χ2n) is 7.26. The summed E-state index contributed by atoms with van der Waals surface area (Å²) in [5.74, 6) is -0.0407. The lowest BCUT2D eigenvalue weighted by atomic mass is 9.46. The number of fused-ring (bicyclic) bond motifs is 2. The summed E-state index contributed by atoms with van der Waals surface area (Å²) in [7, 11) is 0. The number of carbonyl (C=O) groups is 1. The molecule has 6 heteroatoms. The maximum absolute atomic E-state index is 12.9. The van der Waals surface area contributed by atoms with Gasteiger partial charge in [-0.25, -0.2) is 0 Å². The van der Waals surface area contributed by atoms with E-state index >= 15 is 0 Å². The van der Waals surface area contributed by atoms with E-state index in [1.807, 2.05) is 32.0 Å². The average molecular weight is 314 g/mol. The van der Waals surface area contributed by atoms with Gasteiger partial charge in [0, 0.05) is 29.0 Å². The van der Waals surface area contributed by atoms with Gasteiger partial charge in [0.05, 0.1) is 17.8 Å². The minimum atomic E-state index is -0.899. The van der Waals surface area contributed by atoms with Crippen LogP contribution in [-0.2, 0) is 9.53 Å². The molecule has 1 aliphatic carbocycles. The topological polar surface area (TPSA) is 93.0 Å². The maximum Gasteiger partial charge on any atom is 0.245 e. The Hall–Kier alpha value is -1.92. The van der Waals surface area contributed by atoms with Gasteiger partial charge >= 0.3 is 0 Å². The quantitative estimate of drug-likeness (QED) is 0.791. The normalized spacial score (nSPS) is 32.1. The van der Waals surface area contributed by atoms with Crippen LogP contribution in [0.3, 0.4) is 0 Å². The van der Waals surface area contributed by atoms with Crippen molar-refractivity contribution in [3.8, 4) is 0 Å². The number of aromatic amines is 1. The number of nitrogens with two attached hydrogens (primary N) is 1. The van der Waals surface area contributed by atoms with E-state index in [-0.39, 0.29) is 23.3 Å². The van der Waals surface area contributed by atoms with Crippen LogP contribution in [0.2, 0.25) is 0 Å². The molecular formula is C17H22N4O2. The highest BCUT2D eigenvalue weighted by Gasteiger charge is 2.70. The third-order valence-electron chi connectivity index (χ3n) is 5.76. The third kappa shape index (κ3) is 1.88. The number of anilines is 1. The van der Waals surface area contributed by atoms with E-state index in [0.29, 0.717) is 0 Å². The Morgan fingerprint density at radius 2 is 2.30 bits per heavy atom. The molecule has 1 aromatic carbocycles. The number of benzene rings is 1. The Kier molecular flexibility index (Phi) is 3.05.